The van der Waals surface area contributed by atoms with Crippen LogP contribution < -0.4 is 5.73 Å². The van der Waals surface area contributed by atoms with Crippen molar-refractivity contribution in [2.45, 2.75) is 51.9 Å². The average molecular weight is 219 g/mol. The third-order valence-electron chi connectivity index (χ3n) is 2.99. The fraction of sp³-hybridized carbons (Fsp3) is 0.600. The van der Waals surface area contributed by atoms with E-state index in [2.05, 4.69) is 45.0 Å². The van der Waals surface area contributed by atoms with Crippen molar-refractivity contribution in [1.82, 2.24) is 0 Å². The Bertz CT molecular complexity index is 292. The third kappa shape index (κ3) is 4.36. The molecule has 0 atom stereocenters. The highest BCUT2D eigenvalue weighted by molar-refractivity contribution is 5.27. The Morgan fingerprint density at radius 2 is 1.56 bits per heavy atom. The van der Waals surface area contributed by atoms with E-state index in [1.54, 1.807) is 0 Å². The molecule has 0 aliphatic carbocycles. The first-order chi connectivity index (χ1) is 7.54. The van der Waals surface area contributed by atoms with Gasteiger partial charge in [0.2, 0.25) is 0 Å². The molecular weight excluding hydrogens is 194 g/mol. The Hall–Kier alpha value is -0.820. The summed E-state index contributed by atoms with van der Waals surface area (Å²) in [7, 11) is 0. The summed E-state index contributed by atoms with van der Waals surface area (Å²) < 4.78 is 0. The molecule has 0 spiro atoms. The number of rotatable bonds is 5. The number of nitrogens with two attached hydrogens (primary N) is 1. The second kappa shape index (κ2) is 6.05. The number of hydrogen-bond donors (Lipinski definition) is 1. The van der Waals surface area contributed by atoms with Gasteiger partial charge in [0, 0.05) is 0 Å². The maximum atomic E-state index is 5.48. The average Bonchev–Trinajstić information content (AvgIpc) is 2.24. The van der Waals surface area contributed by atoms with Gasteiger partial charge in [0.1, 0.15) is 0 Å². The summed E-state index contributed by atoms with van der Waals surface area (Å²) in [6.07, 6.45) is 4.84. The van der Waals surface area contributed by atoms with Crippen LogP contribution >= 0.6 is 0 Å². The third-order valence-corrected chi connectivity index (χ3v) is 2.99. The predicted octanol–water partition coefficient (Wildman–Crippen LogP) is 3.66. The van der Waals surface area contributed by atoms with Crippen molar-refractivity contribution in [3.8, 4) is 0 Å². The van der Waals surface area contributed by atoms with Crippen LogP contribution in [0.25, 0.3) is 0 Å². The van der Waals surface area contributed by atoms with Crippen molar-refractivity contribution in [1.29, 1.82) is 0 Å². The van der Waals surface area contributed by atoms with Crippen molar-refractivity contribution in [2.24, 2.45) is 5.73 Å². The molecule has 0 radical (unpaired) electrons. The molecule has 0 unspecified atom stereocenters. The molecule has 0 aliphatic heterocycles. The molecule has 16 heavy (non-hydrogen) atoms. The molecule has 0 aromatic heterocycles. The van der Waals surface area contributed by atoms with Gasteiger partial charge in [0.25, 0.3) is 0 Å². The Kier molecular flexibility index (Phi) is 5.01. The molecule has 0 bridgehead atoms. The van der Waals surface area contributed by atoms with Gasteiger partial charge in [-0.25, -0.2) is 0 Å². The van der Waals surface area contributed by atoms with Crippen LogP contribution in [0.5, 0.6) is 0 Å². The van der Waals surface area contributed by atoms with E-state index in [9.17, 15) is 0 Å². The molecule has 0 heterocycles. The minimum atomic E-state index is 0.262. The molecule has 90 valence electrons. The molecule has 1 nitrogen and oxygen atoms in total. The molecule has 0 saturated heterocycles. The van der Waals surface area contributed by atoms with Crippen molar-refractivity contribution in [3.05, 3.63) is 35.4 Å². The topological polar surface area (TPSA) is 26.0 Å². The lowest BCUT2D eigenvalue weighted by Crippen LogP contribution is -2.10. The minimum absolute atomic E-state index is 0.262. The van der Waals surface area contributed by atoms with E-state index in [1.807, 2.05) is 0 Å². The Morgan fingerprint density at radius 1 is 0.938 bits per heavy atom. The van der Waals surface area contributed by atoms with E-state index in [0.29, 0.717) is 0 Å². The predicted molar refractivity (Wildman–Crippen MR) is 71.8 cm³/mol. The van der Waals surface area contributed by atoms with Crippen LogP contribution in [0.15, 0.2) is 24.3 Å². The Morgan fingerprint density at radius 3 is 2.06 bits per heavy atom. The monoisotopic (exact) mass is 219 g/mol. The second-order valence-electron chi connectivity index (χ2n) is 5.55. The summed E-state index contributed by atoms with van der Waals surface area (Å²) in [6.45, 7) is 7.58. The molecular formula is C15H25N. The SMILES string of the molecule is CC(C)(C)c1ccc(CCCCCN)cc1. The van der Waals surface area contributed by atoms with Crippen molar-refractivity contribution < 1.29 is 0 Å². The van der Waals surface area contributed by atoms with Gasteiger partial charge in [-0.05, 0) is 42.3 Å². The molecule has 0 fully saturated rings. The Balaban J connectivity index is 2.46. The minimum Gasteiger partial charge on any atom is -0.330 e. The standard InChI is InChI=1S/C15H25N/c1-15(2,3)14-10-8-13(9-11-14)7-5-4-6-12-16/h8-11H,4-7,12,16H2,1-3H3. The summed E-state index contributed by atoms with van der Waals surface area (Å²) in [5.41, 5.74) is 8.60. The second-order valence-corrected chi connectivity index (χ2v) is 5.55. The first kappa shape index (κ1) is 13.2. The first-order valence-corrected chi connectivity index (χ1v) is 6.33. The lowest BCUT2D eigenvalue weighted by molar-refractivity contribution is 0.589. The molecule has 1 aromatic carbocycles. The molecule has 1 rings (SSSR count). The molecule has 2 N–H and O–H groups in total. The summed E-state index contributed by atoms with van der Waals surface area (Å²) >= 11 is 0. The largest absolute Gasteiger partial charge is 0.330 e. The van der Waals surface area contributed by atoms with Crippen LogP contribution in [0.4, 0.5) is 0 Å². The summed E-state index contributed by atoms with van der Waals surface area (Å²) in [6, 6.07) is 9.06. The summed E-state index contributed by atoms with van der Waals surface area (Å²) in [5, 5.41) is 0. The van der Waals surface area contributed by atoms with Crippen molar-refractivity contribution in [3.63, 3.8) is 0 Å². The molecule has 1 heteroatoms. The van der Waals surface area contributed by atoms with Gasteiger partial charge in [-0.15, -0.1) is 0 Å². The van der Waals surface area contributed by atoms with Crippen LogP contribution in [0.1, 0.15) is 51.2 Å². The van der Waals surface area contributed by atoms with Crippen LogP contribution in [0.3, 0.4) is 0 Å². The van der Waals surface area contributed by atoms with Crippen LogP contribution in [0.2, 0.25) is 0 Å². The van der Waals surface area contributed by atoms with E-state index >= 15 is 0 Å². The highest BCUT2D eigenvalue weighted by Crippen LogP contribution is 2.22. The van der Waals surface area contributed by atoms with Gasteiger partial charge < -0.3 is 5.73 Å². The number of unbranched alkanes of at least 4 members (excludes halogenated alkanes) is 2. The normalized spacial score (nSPS) is 11.8. The summed E-state index contributed by atoms with van der Waals surface area (Å²) in [5.74, 6) is 0. The van der Waals surface area contributed by atoms with E-state index in [0.717, 1.165) is 13.0 Å². The van der Waals surface area contributed by atoms with E-state index in [-0.39, 0.29) is 5.41 Å². The zero-order valence-corrected chi connectivity index (χ0v) is 10.9. The fourth-order valence-electron chi connectivity index (χ4n) is 1.82. The zero-order chi connectivity index (χ0) is 12.0. The van der Waals surface area contributed by atoms with Gasteiger partial charge in [0.15, 0.2) is 0 Å². The molecule has 1 aromatic rings. The van der Waals surface area contributed by atoms with E-state index in [4.69, 9.17) is 5.73 Å². The maximum absolute atomic E-state index is 5.48. The highest BCUT2D eigenvalue weighted by Gasteiger charge is 2.12. The molecule has 0 amide bonds. The molecule has 0 saturated carbocycles. The molecule has 0 aliphatic rings. The lowest BCUT2D eigenvalue weighted by Gasteiger charge is -2.19. The lowest BCUT2D eigenvalue weighted by atomic mass is 9.86. The van der Waals surface area contributed by atoms with Crippen LogP contribution in [-0.4, -0.2) is 6.54 Å². The van der Waals surface area contributed by atoms with Crippen LogP contribution in [0, 0.1) is 0 Å². The van der Waals surface area contributed by atoms with Gasteiger partial charge >= 0.3 is 0 Å². The number of aryl methyl sites for hydroxylation is 1. The van der Waals surface area contributed by atoms with Crippen molar-refractivity contribution >= 4 is 0 Å². The zero-order valence-electron chi connectivity index (χ0n) is 10.9. The number of benzene rings is 1. The smallest absolute Gasteiger partial charge is 0.00773 e. The fourth-order valence-corrected chi connectivity index (χ4v) is 1.82. The highest BCUT2D eigenvalue weighted by atomic mass is 14.5. The van der Waals surface area contributed by atoms with Crippen LogP contribution in [-0.2, 0) is 11.8 Å². The first-order valence-electron chi connectivity index (χ1n) is 6.33. The maximum Gasteiger partial charge on any atom is -0.00773 e. The van der Waals surface area contributed by atoms with Gasteiger partial charge in [-0.2, -0.15) is 0 Å². The van der Waals surface area contributed by atoms with Gasteiger partial charge in [0.05, 0.1) is 0 Å². The van der Waals surface area contributed by atoms with Gasteiger partial charge in [-0.3, -0.25) is 0 Å². The van der Waals surface area contributed by atoms with E-state index < -0.39 is 0 Å². The number of hydrogen-bond acceptors (Lipinski definition) is 1. The van der Waals surface area contributed by atoms with E-state index in [1.165, 1.54) is 30.4 Å². The van der Waals surface area contributed by atoms with Crippen molar-refractivity contribution in [2.75, 3.05) is 6.54 Å². The summed E-state index contributed by atoms with van der Waals surface area (Å²) in [4.78, 5) is 0. The Labute approximate surface area is 100 Å². The van der Waals surface area contributed by atoms with Gasteiger partial charge in [-0.1, -0.05) is 51.5 Å². The quantitative estimate of drug-likeness (QED) is 0.751.